The fourth-order valence-corrected chi connectivity index (χ4v) is 4.20. The van der Waals surface area contributed by atoms with E-state index in [0.717, 1.165) is 46.4 Å². The van der Waals surface area contributed by atoms with E-state index in [2.05, 4.69) is 9.97 Å². The van der Waals surface area contributed by atoms with Gasteiger partial charge in [-0.1, -0.05) is 18.2 Å². The number of imidazole rings is 1. The number of unbranched alkanes of at least 4 members (excludes halogenated alkanes) is 2. The van der Waals surface area contributed by atoms with Crippen molar-refractivity contribution in [3.05, 3.63) is 24.0 Å². The minimum Gasteiger partial charge on any atom is -0.454 e. The molecular weight excluding hydrogens is 392 g/mol. The maximum Gasteiger partial charge on any atom is 0.231 e. The predicted molar refractivity (Wildman–Crippen MR) is 109 cm³/mol. The summed E-state index contributed by atoms with van der Waals surface area (Å²) in [5.74, 6) is 1.57. The fraction of sp³-hybridized carbons (Fsp3) is 0.368. The van der Waals surface area contributed by atoms with Crippen molar-refractivity contribution in [3.8, 4) is 11.5 Å². The van der Waals surface area contributed by atoms with Crippen molar-refractivity contribution in [2.24, 2.45) is 5.73 Å². The number of benzene rings is 1. The summed E-state index contributed by atoms with van der Waals surface area (Å²) in [5.41, 5.74) is 13.6. The second-order valence-electron chi connectivity index (χ2n) is 6.83. The van der Waals surface area contributed by atoms with Crippen LogP contribution in [0.2, 0.25) is 0 Å². The number of carbonyl (C=O) groups is 1. The molecule has 0 spiro atoms. The molecule has 0 radical (unpaired) electrons. The van der Waals surface area contributed by atoms with E-state index >= 15 is 0 Å². The summed E-state index contributed by atoms with van der Waals surface area (Å²) in [5, 5.41) is 0.782. The van der Waals surface area contributed by atoms with Gasteiger partial charge < -0.3 is 25.5 Å². The largest absolute Gasteiger partial charge is 0.454 e. The number of carbonyl (C=O) groups excluding carboxylic acids is 1. The number of nitrogens with two attached hydrogens (primary N) is 2. The van der Waals surface area contributed by atoms with E-state index in [-0.39, 0.29) is 12.7 Å². The molecule has 3 heterocycles. The van der Waals surface area contributed by atoms with Gasteiger partial charge in [0, 0.05) is 17.9 Å². The van der Waals surface area contributed by atoms with Gasteiger partial charge in [0.05, 0.1) is 0 Å². The Bertz CT molecular complexity index is 1070. The second kappa shape index (κ2) is 8.16. The lowest BCUT2D eigenvalue weighted by atomic mass is 10.2. The third-order valence-corrected chi connectivity index (χ3v) is 5.86. The molecule has 1 amide bonds. The summed E-state index contributed by atoms with van der Waals surface area (Å²) in [6.45, 7) is 2.96. The highest BCUT2D eigenvalue weighted by Gasteiger charge is 2.20. The van der Waals surface area contributed by atoms with Gasteiger partial charge in [-0.15, -0.1) is 0 Å². The van der Waals surface area contributed by atoms with E-state index in [1.54, 1.807) is 0 Å². The van der Waals surface area contributed by atoms with E-state index in [0.29, 0.717) is 29.9 Å². The lowest BCUT2D eigenvalue weighted by Crippen LogP contribution is -2.09. The lowest BCUT2D eigenvalue weighted by Gasteiger charge is -2.10. The van der Waals surface area contributed by atoms with E-state index in [4.69, 9.17) is 25.9 Å². The van der Waals surface area contributed by atoms with Gasteiger partial charge in [0.1, 0.15) is 6.33 Å². The van der Waals surface area contributed by atoms with Crippen LogP contribution in [0.5, 0.6) is 11.5 Å². The van der Waals surface area contributed by atoms with Crippen LogP contribution in [0.15, 0.2) is 28.5 Å². The number of anilines is 1. The quantitative estimate of drug-likeness (QED) is 0.538. The van der Waals surface area contributed by atoms with Gasteiger partial charge in [-0.05, 0) is 37.5 Å². The number of fused-ring (bicyclic) bond motifs is 2. The van der Waals surface area contributed by atoms with E-state index in [1.807, 2.05) is 23.6 Å². The van der Waals surface area contributed by atoms with Crippen LogP contribution < -0.4 is 20.9 Å². The van der Waals surface area contributed by atoms with Gasteiger partial charge >= 0.3 is 0 Å². The van der Waals surface area contributed by atoms with Crippen molar-refractivity contribution in [2.75, 3.05) is 12.5 Å². The Labute approximate surface area is 171 Å². The van der Waals surface area contributed by atoms with Crippen LogP contribution >= 0.6 is 11.8 Å². The Morgan fingerprint density at radius 1 is 1.21 bits per heavy atom. The summed E-state index contributed by atoms with van der Waals surface area (Å²) in [6, 6.07) is 3.93. The molecular formula is C19H22N6O3S. The molecule has 4 N–H and O–H groups in total. The van der Waals surface area contributed by atoms with Crippen molar-refractivity contribution in [1.82, 2.24) is 19.5 Å². The van der Waals surface area contributed by atoms with Crippen LogP contribution in [0.4, 0.5) is 5.82 Å². The molecule has 10 heteroatoms. The third-order valence-electron chi connectivity index (χ3n) is 4.70. The van der Waals surface area contributed by atoms with Gasteiger partial charge in [-0.25, -0.2) is 15.0 Å². The van der Waals surface area contributed by atoms with Gasteiger partial charge in [0.2, 0.25) is 12.7 Å². The zero-order chi connectivity index (χ0) is 20.4. The van der Waals surface area contributed by atoms with Gasteiger partial charge in [-0.2, -0.15) is 0 Å². The van der Waals surface area contributed by atoms with Crippen LogP contribution in [-0.4, -0.2) is 32.2 Å². The van der Waals surface area contributed by atoms with Crippen LogP contribution in [0, 0.1) is 6.92 Å². The Hall–Kier alpha value is -3.01. The molecule has 2 aromatic heterocycles. The Morgan fingerprint density at radius 3 is 2.79 bits per heavy atom. The Balaban J connectivity index is 1.61. The molecule has 0 unspecified atom stereocenters. The molecule has 1 aliphatic heterocycles. The molecule has 29 heavy (non-hydrogen) atoms. The Kier molecular flexibility index (Phi) is 5.43. The number of primary amides is 1. The van der Waals surface area contributed by atoms with Crippen molar-refractivity contribution >= 4 is 34.7 Å². The van der Waals surface area contributed by atoms with Crippen LogP contribution in [0.3, 0.4) is 0 Å². The predicted octanol–water partition coefficient (Wildman–Crippen LogP) is 2.64. The molecule has 152 valence electrons. The summed E-state index contributed by atoms with van der Waals surface area (Å²) in [7, 11) is 0. The fourth-order valence-electron chi connectivity index (χ4n) is 3.19. The molecule has 9 nitrogen and oxygen atoms in total. The number of nitrogen functional groups attached to an aromatic ring is 1. The van der Waals surface area contributed by atoms with Crippen LogP contribution in [0.25, 0.3) is 11.2 Å². The van der Waals surface area contributed by atoms with Crippen molar-refractivity contribution in [3.63, 3.8) is 0 Å². The molecule has 0 fully saturated rings. The highest BCUT2D eigenvalue weighted by atomic mass is 32.2. The zero-order valence-corrected chi connectivity index (χ0v) is 16.9. The summed E-state index contributed by atoms with van der Waals surface area (Å²) in [4.78, 5) is 25.1. The number of aromatic nitrogens is 4. The smallest absolute Gasteiger partial charge is 0.231 e. The third kappa shape index (κ3) is 4.07. The molecule has 3 aromatic rings. The topological polar surface area (TPSA) is 131 Å². The first-order valence-corrected chi connectivity index (χ1v) is 10.2. The first-order chi connectivity index (χ1) is 14.0. The van der Waals surface area contributed by atoms with Gasteiger partial charge in [0.25, 0.3) is 0 Å². The minimum absolute atomic E-state index is 0.235. The highest BCUT2D eigenvalue weighted by molar-refractivity contribution is 7.99. The Morgan fingerprint density at radius 2 is 2.00 bits per heavy atom. The molecule has 0 aliphatic carbocycles. The maximum absolute atomic E-state index is 10.9. The number of hydrogen-bond donors (Lipinski definition) is 2. The second-order valence-corrected chi connectivity index (χ2v) is 7.84. The molecule has 1 aromatic carbocycles. The maximum atomic E-state index is 10.9. The molecule has 4 rings (SSSR count). The van der Waals surface area contributed by atoms with Crippen molar-refractivity contribution < 1.29 is 14.3 Å². The zero-order valence-electron chi connectivity index (χ0n) is 16.1. The monoisotopic (exact) mass is 414 g/mol. The molecule has 0 bridgehead atoms. The number of rotatable bonds is 8. The summed E-state index contributed by atoms with van der Waals surface area (Å²) >= 11 is 1.53. The van der Waals surface area contributed by atoms with Crippen molar-refractivity contribution in [2.45, 2.75) is 49.2 Å². The van der Waals surface area contributed by atoms with E-state index < -0.39 is 0 Å². The molecule has 0 atom stereocenters. The normalized spacial score (nSPS) is 12.6. The number of ether oxygens (including phenoxy) is 2. The highest BCUT2D eigenvalue weighted by Crippen LogP contribution is 2.41. The SMILES string of the molecule is Cc1cc2c(cc1Sc1nc3c(N)ncnc3n1CCCCCC(N)=O)OCO2. The minimum atomic E-state index is -0.270. The summed E-state index contributed by atoms with van der Waals surface area (Å²) < 4.78 is 13.0. The molecule has 0 saturated heterocycles. The average molecular weight is 414 g/mol. The first kappa shape index (κ1) is 19.3. The van der Waals surface area contributed by atoms with E-state index in [9.17, 15) is 4.79 Å². The summed E-state index contributed by atoms with van der Waals surface area (Å²) in [6.07, 6.45) is 4.37. The van der Waals surface area contributed by atoms with Crippen LogP contribution in [0.1, 0.15) is 31.2 Å². The number of nitrogens with zero attached hydrogens (tertiary/aromatic N) is 4. The van der Waals surface area contributed by atoms with E-state index in [1.165, 1.54) is 18.1 Å². The first-order valence-electron chi connectivity index (χ1n) is 9.36. The number of hydrogen-bond acceptors (Lipinski definition) is 8. The van der Waals surface area contributed by atoms with Crippen LogP contribution in [-0.2, 0) is 11.3 Å². The van der Waals surface area contributed by atoms with Crippen molar-refractivity contribution in [1.29, 1.82) is 0 Å². The lowest BCUT2D eigenvalue weighted by molar-refractivity contribution is -0.118. The van der Waals surface area contributed by atoms with Gasteiger partial charge in [0.15, 0.2) is 33.6 Å². The molecule has 1 aliphatic rings. The standard InChI is InChI=1S/C19H22N6O3S/c1-11-7-12-13(28-10-27-12)8-14(11)29-19-24-16-17(21)22-9-23-18(16)25(19)6-4-2-3-5-15(20)26/h7-9H,2-6,10H2,1H3,(H2,20,26)(H2,21,22,23). The number of amides is 1. The average Bonchev–Trinajstić information content (AvgIpc) is 3.27. The van der Waals surface area contributed by atoms with Gasteiger partial charge in [-0.3, -0.25) is 4.79 Å². The molecule has 0 saturated carbocycles. The number of aryl methyl sites for hydroxylation is 2.